The van der Waals surface area contributed by atoms with E-state index < -0.39 is 9.85 Å². The molecule has 1 aliphatic carbocycles. The Kier molecular flexibility index (Phi) is 3.46. The summed E-state index contributed by atoms with van der Waals surface area (Å²) in [6, 6.07) is 4.57. The number of nitrogens with one attached hydrogen (secondary N) is 1. The molecule has 1 heterocycles. The quantitative estimate of drug-likeness (QED) is 0.659. The molecule has 0 unspecified atom stereocenters. The van der Waals surface area contributed by atoms with E-state index in [-0.39, 0.29) is 17.4 Å². The van der Waals surface area contributed by atoms with Crippen LogP contribution in [-0.4, -0.2) is 39.9 Å². The van der Waals surface area contributed by atoms with Crippen molar-refractivity contribution in [3.05, 3.63) is 38.4 Å². The van der Waals surface area contributed by atoms with Crippen LogP contribution < -0.4 is 5.32 Å². The number of rotatable bonds is 5. The molecule has 0 aromatic heterocycles. The molecule has 2 aliphatic rings. The van der Waals surface area contributed by atoms with Crippen molar-refractivity contribution < 1.29 is 9.85 Å². The Morgan fingerprint density at radius 3 is 2.52 bits per heavy atom. The van der Waals surface area contributed by atoms with Crippen molar-refractivity contribution in [2.24, 2.45) is 0 Å². The first kappa shape index (κ1) is 13.7. The van der Waals surface area contributed by atoms with Crippen LogP contribution in [0.2, 0.25) is 0 Å². The summed E-state index contributed by atoms with van der Waals surface area (Å²) in [6.07, 6.45) is 3.42. The Bertz CT molecular complexity index is 588. The van der Waals surface area contributed by atoms with Gasteiger partial charge in [0, 0.05) is 31.2 Å². The lowest BCUT2D eigenvalue weighted by Crippen LogP contribution is -2.27. The second-order valence-corrected chi connectivity index (χ2v) is 5.57. The predicted molar refractivity (Wildman–Crippen MR) is 76.4 cm³/mol. The van der Waals surface area contributed by atoms with E-state index in [4.69, 9.17) is 0 Å². The van der Waals surface area contributed by atoms with Crippen molar-refractivity contribution in [2.45, 2.75) is 31.3 Å². The molecule has 8 nitrogen and oxygen atoms in total. The van der Waals surface area contributed by atoms with Crippen molar-refractivity contribution >= 4 is 17.1 Å². The number of nitrogens with zero attached hydrogens (tertiary/aromatic N) is 3. The first-order chi connectivity index (χ1) is 10.0. The van der Waals surface area contributed by atoms with Gasteiger partial charge in [-0.05, 0) is 25.3 Å². The largest absolute Gasteiger partial charge is 0.375 e. The fourth-order valence-electron chi connectivity index (χ4n) is 2.80. The van der Waals surface area contributed by atoms with Crippen LogP contribution in [0.4, 0.5) is 17.1 Å². The molecule has 112 valence electrons. The highest BCUT2D eigenvalue weighted by molar-refractivity contribution is 5.65. The van der Waals surface area contributed by atoms with Gasteiger partial charge in [0.15, 0.2) is 0 Å². The van der Waals surface area contributed by atoms with E-state index in [1.54, 1.807) is 0 Å². The Balaban J connectivity index is 1.75. The number of nitro groups is 2. The van der Waals surface area contributed by atoms with Crippen LogP contribution in [0.3, 0.4) is 0 Å². The lowest BCUT2D eigenvalue weighted by atomic mass is 10.2. The summed E-state index contributed by atoms with van der Waals surface area (Å²) in [7, 11) is 0. The smallest absolute Gasteiger partial charge is 0.299 e. The van der Waals surface area contributed by atoms with Crippen molar-refractivity contribution in [3.63, 3.8) is 0 Å². The predicted octanol–water partition coefficient (Wildman–Crippen LogP) is 2.15. The minimum atomic E-state index is -0.624. The minimum absolute atomic E-state index is 0.158. The van der Waals surface area contributed by atoms with E-state index in [1.807, 2.05) is 0 Å². The van der Waals surface area contributed by atoms with Gasteiger partial charge in [-0.1, -0.05) is 0 Å². The van der Waals surface area contributed by atoms with Gasteiger partial charge in [0.1, 0.15) is 5.69 Å². The number of likely N-dealkylation sites (tertiary alicyclic amines) is 1. The van der Waals surface area contributed by atoms with Crippen LogP contribution in [0.5, 0.6) is 0 Å². The fraction of sp³-hybridized carbons (Fsp3) is 0.538. The first-order valence-electron chi connectivity index (χ1n) is 6.98. The van der Waals surface area contributed by atoms with Crippen molar-refractivity contribution in [1.29, 1.82) is 0 Å². The summed E-state index contributed by atoms with van der Waals surface area (Å²) >= 11 is 0. The van der Waals surface area contributed by atoms with E-state index in [2.05, 4.69) is 10.2 Å². The number of nitro benzene ring substituents is 2. The maximum atomic E-state index is 11.1. The van der Waals surface area contributed by atoms with E-state index in [0.717, 1.165) is 25.6 Å². The Morgan fingerprint density at radius 1 is 1.14 bits per heavy atom. The molecule has 1 aliphatic heterocycles. The van der Waals surface area contributed by atoms with E-state index in [1.165, 1.54) is 25.0 Å². The van der Waals surface area contributed by atoms with Crippen molar-refractivity contribution in [1.82, 2.24) is 4.90 Å². The lowest BCUT2D eigenvalue weighted by Gasteiger charge is -2.16. The third-order valence-electron chi connectivity index (χ3n) is 4.03. The monoisotopic (exact) mass is 292 g/mol. The summed E-state index contributed by atoms with van der Waals surface area (Å²) < 4.78 is 0. The van der Waals surface area contributed by atoms with Crippen molar-refractivity contribution in [2.75, 3.05) is 18.4 Å². The maximum absolute atomic E-state index is 11.1. The fourth-order valence-corrected chi connectivity index (χ4v) is 2.80. The average molecular weight is 292 g/mol. The third kappa shape index (κ3) is 2.94. The molecule has 1 aromatic rings. The molecule has 0 amide bonds. The van der Waals surface area contributed by atoms with Gasteiger partial charge in [0.05, 0.1) is 15.9 Å². The molecule has 8 heteroatoms. The van der Waals surface area contributed by atoms with Crippen LogP contribution in [0.25, 0.3) is 0 Å². The summed E-state index contributed by atoms with van der Waals surface area (Å²) in [5.41, 5.74) is -0.152. The number of hydrogen-bond donors (Lipinski definition) is 1. The van der Waals surface area contributed by atoms with Crippen LogP contribution in [0, 0.1) is 20.2 Å². The molecule has 1 saturated heterocycles. The SMILES string of the molecule is O=[N+]([O-])c1ccc(N[C@H]2CCN(C3CC3)C2)c([N+](=O)[O-])c1. The van der Waals surface area contributed by atoms with E-state index >= 15 is 0 Å². The molecule has 3 rings (SSSR count). The lowest BCUT2D eigenvalue weighted by molar-refractivity contribution is -0.393. The van der Waals surface area contributed by atoms with Gasteiger partial charge >= 0.3 is 0 Å². The number of anilines is 1. The van der Waals surface area contributed by atoms with Gasteiger partial charge in [-0.15, -0.1) is 0 Å². The molecule has 0 spiro atoms. The first-order valence-corrected chi connectivity index (χ1v) is 6.98. The number of non-ortho nitro benzene ring substituents is 1. The summed E-state index contributed by atoms with van der Waals surface area (Å²) in [6.45, 7) is 1.88. The molecule has 1 N–H and O–H groups in total. The molecular weight excluding hydrogens is 276 g/mol. The third-order valence-corrected chi connectivity index (χ3v) is 4.03. The second kappa shape index (κ2) is 5.28. The highest BCUT2D eigenvalue weighted by atomic mass is 16.6. The minimum Gasteiger partial charge on any atom is -0.375 e. The van der Waals surface area contributed by atoms with Crippen LogP contribution >= 0.6 is 0 Å². The van der Waals surface area contributed by atoms with Crippen LogP contribution in [-0.2, 0) is 0 Å². The van der Waals surface area contributed by atoms with Crippen LogP contribution in [0.15, 0.2) is 18.2 Å². The van der Waals surface area contributed by atoms with Crippen molar-refractivity contribution in [3.8, 4) is 0 Å². The number of hydrogen-bond acceptors (Lipinski definition) is 6. The maximum Gasteiger partial charge on any atom is 0.299 e. The molecule has 1 saturated carbocycles. The molecule has 2 fully saturated rings. The molecule has 21 heavy (non-hydrogen) atoms. The van der Waals surface area contributed by atoms with Crippen LogP contribution in [0.1, 0.15) is 19.3 Å². The Morgan fingerprint density at radius 2 is 1.90 bits per heavy atom. The molecular formula is C13H16N4O4. The Hall–Kier alpha value is -2.22. The highest BCUT2D eigenvalue weighted by Gasteiger charge is 2.35. The zero-order valence-corrected chi connectivity index (χ0v) is 11.4. The Labute approximate surface area is 121 Å². The molecule has 1 atom stereocenters. The average Bonchev–Trinajstić information content (AvgIpc) is 3.19. The molecule has 1 aromatic carbocycles. The summed E-state index contributed by atoms with van der Waals surface area (Å²) in [5, 5.41) is 25.0. The summed E-state index contributed by atoms with van der Waals surface area (Å²) in [5.74, 6) is 0. The second-order valence-electron chi connectivity index (χ2n) is 5.57. The van der Waals surface area contributed by atoms with E-state index in [0.29, 0.717) is 11.7 Å². The number of benzene rings is 1. The highest BCUT2D eigenvalue weighted by Crippen LogP contribution is 2.33. The van der Waals surface area contributed by atoms with Gasteiger partial charge in [-0.2, -0.15) is 0 Å². The van der Waals surface area contributed by atoms with Gasteiger partial charge in [0.2, 0.25) is 0 Å². The molecule has 0 bridgehead atoms. The van der Waals surface area contributed by atoms with E-state index in [9.17, 15) is 20.2 Å². The van der Waals surface area contributed by atoms with Gasteiger partial charge in [-0.25, -0.2) is 0 Å². The van der Waals surface area contributed by atoms with Gasteiger partial charge in [0.25, 0.3) is 11.4 Å². The topological polar surface area (TPSA) is 102 Å². The standard InChI is InChI=1S/C13H16N4O4/c18-16(19)11-3-4-12(13(7-11)17(20)21)14-9-5-6-15(8-9)10-1-2-10/h3-4,7,9-10,14H,1-2,5-6,8H2/t9-/m0/s1. The van der Waals surface area contributed by atoms with Gasteiger partial charge in [-0.3, -0.25) is 25.1 Å². The normalized spacial score (nSPS) is 22.2. The zero-order chi connectivity index (χ0) is 15.0. The van der Waals surface area contributed by atoms with Gasteiger partial charge < -0.3 is 5.32 Å². The zero-order valence-electron chi connectivity index (χ0n) is 11.4. The summed E-state index contributed by atoms with van der Waals surface area (Å²) in [4.78, 5) is 23.0. The molecule has 0 radical (unpaired) electrons.